The zero-order valence-corrected chi connectivity index (χ0v) is 25.7. The number of nitrogens with zero attached hydrogens (tertiary/aromatic N) is 7. The lowest BCUT2D eigenvalue weighted by Gasteiger charge is -2.44. The number of aromatic amines is 1. The molecule has 12 nitrogen and oxygen atoms in total. The smallest absolute Gasteiger partial charge is 0.439 e. The van der Waals surface area contributed by atoms with Crippen LogP contribution >= 0.6 is 11.6 Å². The van der Waals surface area contributed by atoms with Crippen LogP contribution in [-0.4, -0.2) is 72.4 Å². The van der Waals surface area contributed by atoms with Crippen molar-refractivity contribution in [2.24, 2.45) is 11.8 Å². The largest absolute Gasteiger partial charge is 0.450 e. The first-order valence-corrected chi connectivity index (χ1v) is 15.4. The fourth-order valence-corrected chi connectivity index (χ4v) is 6.74. The van der Waals surface area contributed by atoms with Crippen molar-refractivity contribution in [2.75, 3.05) is 24.6 Å². The monoisotopic (exact) mass is 608 g/mol. The van der Waals surface area contributed by atoms with E-state index >= 15 is 0 Å². The molecule has 0 bridgehead atoms. The molecule has 1 aliphatic carbocycles. The van der Waals surface area contributed by atoms with Gasteiger partial charge in [0.05, 0.1) is 28.4 Å². The molecule has 1 aliphatic heterocycles. The van der Waals surface area contributed by atoms with Gasteiger partial charge in [-0.1, -0.05) is 36.5 Å². The van der Waals surface area contributed by atoms with Gasteiger partial charge in [-0.15, -0.1) is 0 Å². The Kier molecular flexibility index (Phi) is 8.13. The van der Waals surface area contributed by atoms with Gasteiger partial charge in [-0.2, -0.15) is 0 Å². The zero-order chi connectivity index (χ0) is 30.2. The van der Waals surface area contributed by atoms with Crippen LogP contribution in [-0.2, 0) is 11.3 Å². The SMILES string of the molecule is CCOC(=O)N1CC(C)N(c2nc3cc(-c4noc(=O)[nH]4)nc(-c4cncc(Cl)c4)c3n2CC2CCC(C)CC2)C(C)C1. The summed E-state index contributed by atoms with van der Waals surface area (Å²) in [6, 6.07) is 3.61. The molecule has 2 atom stereocenters. The van der Waals surface area contributed by atoms with E-state index in [1.165, 1.54) is 12.8 Å². The number of halogens is 1. The Bertz CT molecular complexity index is 1660. The van der Waals surface area contributed by atoms with Gasteiger partial charge in [0.1, 0.15) is 5.69 Å². The molecule has 4 aromatic heterocycles. The van der Waals surface area contributed by atoms with Gasteiger partial charge in [0.15, 0.2) is 0 Å². The first-order chi connectivity index (χ1) is 20.7. The standard InChI is InChI=1S/C30H37ClN8O4/c1-5-42-30(41)37-14-18(3)39(19(4)15-37)28-34-23-11-24(27-35-29(40)43-36-27)33-25(21-10-22(31)13-32-12-21)26(23)38(28)16-20-8-6-17(2)7-9-20/h10-13,17-20H,5-9,14-16H2,1-4H3,(H,35,36,40). The summed E-state index contributed by atoms with van der Waals surface area (Å²) in [5.74, 6) is 1.58. The van der Waals surface area contributed by atoms with E-state index in [1.54, 1.807) is 17.3 Å². The molecule has 1 amide bonds. The maximum absolute atomic E-state index is 12.6. The molecule has 43 heavy (non-hydrogen) atoms. The van der Waals surface area contributed by atoms with E-state index < -0.39 is 5.76 Å². The number of imidazole rings is 1. The van der Waals surface area contributed by atoms with Crippen LogP contribution in [0.2, 0.25) is 5.02 Å². The number of fused-ring (bicyclic) bond motifs is 1. The Labute approximate surface area is 254 Å². The predicted molar refractivity (Wildman–Crippen MR) is 163 cm³/mol. The molecule has 1 saturated carbocycles. The molecule has 4 aromatic rings. The number of H-pyrrole nitrogens is 1. The molecule has 0 spiro atoms. The number of amides is 1. The van der Waals surface area contributed by atoms with Gasteiger partial charge >= 0.3 is 11.8 Å². The third kappa shape index (κ3) is 5.84. The minimum absolute atomic E-state index is 0.0225. The van der Waals surface area contributed by atoms with E-state index in [0.717, 1.165) is 42.3 Å². The molecule has 228 valence electrons. The third-order valence-corrected chi connectivity index (χ3v) is 8.82. The zero-order valence-electron chi connectivity index (χ0n) is 24.9. The van der Waals surface area contributed by atoms with Gasteiger partial charge in [-0.25, -0.2) is 19.6 Å². The summed E-state index contributed by atoms with van der Waals surface area (Å²) in [6.07, 6.45) is 7.70. The summed E-state index contributed by atoms with van der Waals surface area (Å²) >= 11 is 6.40. The van der Waals surface area contributed by atoms with Gasteiger partial charge in [0.25, 0.3) is 0 Å². The number of carbonyl (C=O) groups is 1. The van der Waals surface area contributed by atoms with E-state index in [4.69, 9.17) is 30.8 Å². The highest BCUT2D eigenvalue weighted by Crippen LogP contribution is 2.38. The Morgan fingerprint density at radius 2 is 1.84 bits per heavy atom. The average Bonchev–Trinajstić information content (AvgIpc) is 3.57. The molecule has 2 aliphatic rings. The average molecular weight is 609 g/mol. The second-order valence-electron chi connectivity index (χ2n) is 11.9. The highest BCUT2D eigenvalue weighted by Gasteiger charge is 2.36. The number of pyridine rings is 2. The normalized spacial score (nSPS) is 22.7. The van der Waals surface area contributed by atoms with Gasteiger partial charge in [0, 0.05) is 49.7 Å². The maximum Gasteiger partial charge on any atom is 0.439 e. The van der Waals surface area contributed by atoms with Gasteiger partial charge in [-0.3, -0.25) is 14.5 Å². The van der Waals surface area contributed by atoms with Crippen LogP contribution in [0.3, 0.4) is 0 Å². The molecule has 0 radical (unpaired) electrons. The summed E-state index contributed by atoms with van der Waals surface area (Å²) in [5.41, 5.74) is 3.35. The lowest BCUT2D eigenvalue weighted by Crippen LogP contribution is -2.59. The summed E-state index contributed by atoms with van der Waals surface area (Å²) in [6.45, 7) is 10.5. The number of hydrogen-bond donors (Lipinski definition) is 1. The Morgan fingerprint density at radius 3 is 2.49 bits per heavy atom. The topological polar surface area (TPSA) is 135 Å². The highest BCUT2D eigenvalue weighted by molar-refractivity contribution is 6.30. The quantitative estimate of drug-likeness (QED) is 0.306. The third-order valence-electron chi connectivity index (χ3n) is 8.62. The maximum atomic E-state index is 12.6. The fraction of sp³-hybridized carbons (Fsp3) is 0.533. The number of anilines is 1. The number of nitrogens with one attached hydrogen (secondary N) is 1. The summed E-state index contributed by atoms with van der Waals surface area (Å²) in [4.78, 5) is 45.7. The van der Waals surface area contributed by atoms with Crippen molar-refractivity contribution < 1.29 is 14.1 Å². The van der Waals surface area contributed by atoms with Gasteiger partial charge in [0.2, 0.25) is 11.8 Å². The second-order valence-corrected chi connectivity index (χ2v) is 12.4. The number of aromatic nitrogens is 6. The molecule has 0 aromatic carbocycles. The van der Waals surface area contributed by atoms with Crippen molar-refractivity contribution in [2.45, 2.75) is 72.0 Å². The molecular weight excluding hydrogens is 572 g/mol. The Hall–Kier alpha value is -3.93. The number of piperazine rings is 1. The van der Waals surface area contributed by atoms with Crippen molar-refractivity contribution >= 4 is 34.7 Å². The van der Waals surface area contributed by atoms with Crippen LogP contribution in [0, 0.1) is 11.8 Å². The predicted octanol–water partition coefficient (Wildman–Crippen LogP) is 5.37. The Morgan fingerprint density at radius 1 is 1.09 bits per heavy atom. The molecular formula is C30H37ClN8O4. The van der Waals surface area contributed by atoms with Crippen LogP contribution in [0.1, 0.15) is 53.4 Å². The summed E-state index contributed by atoms with van der Waals surface area (Å²) in [7, 11) is 0. The minimum atomic E-state index is -0.664. The molecule has 5 heterocycles. The number of rotatable bonds is 6. The second kappa shape index (κ2) is 12.0. The van der Waals surface area contributed by atoms with Crippen molar-refractivity contribution in [3.63, 3.8) is 0 Å². The van der Waals surface area contributed by atoms with Crippen LogP contribution in [0.25, 0.3) is 33.8 Å². The van der Waals surface area contributed by atoms with Crippen LogP contribution in [0.5, 0.6) is 0 Å². The van der Waals surface area contributed by atoms with Crippen molar-refractivity contribution in [3.05, 3.63) is 40.1 Å². The van der Waals surface area contributed by atoms with Gasteiger partial charge in [-0.05, 0) is 57.6 Å². The van der Waals surface area contributed by atoms with E-state index in [1.807, 2.05) is 19.1 Å². The van der Waals surface area contributed by atoms with E-state index in [2.05, 4.69) is 45.4 Å². The van der Waals surface area contributed by atoms with Crippen LogP contribution in [0.15, 0.2) is 33.8 Å². The van der Waals surface area contributed by atoms with Crippen LogP contribution in [0.4, 0.5) is 10.7 Å². The lowest BCUT2D eigenvalue weighted by molar-refractivity contribution is 0.0940. The molecule has 13 heteroatoms. The molecule has 1 saturated heterocycles. The molecule has 2 fully saturated rings. The first kappa shape index (κ1) is 29.2. The lowest BCUT2D eigenvalue weighted by atomic mass is 9.83. The van der Waals surface area contributed by atoms with E-state index in [0.29, 0.717) is 47.5 Å². The van der Waals surface area contributed by atoms with Crippen molar-refractivity contribution in [3.8, 4) is 22.8 Å². The molecule has 6 rings (SSSR count). The Balaban J connectivity index is 1.53. The molecule has 2 unspecified atom stereocenters. The van der Waals surface area contributed by atoms with Gasteiger partial charge < -0.3 is 19.1 Å². The summed E-state index contributed by atoms with van der Waals surface area (Å²) in [5, 5.41) is 4.37. The highest BCUT2D eigenvalue weighted by atomic mass is 35.5. The minimum Gasteiger partial charge on any atom is -0.450 e. The molecule has 1 N–H and O–H groups in total. The number of carbonyl (C=O) groups excluding carboxylic acids is 1. The van der Waals surface area contributed by atoms with Crippen LogP contribution < -0.4 is 10.7 Å². The van der Waals surface area contributed by atoms with Crippen molar-refractivity contribution in [1.29, 1.82) is 0 Å². The number of ether oxygens (including phenoxy) is 1. The van der Waals surface area contributed by atoms with Crippen molar-refractivity contribution in [1.82, 2.24) is 34.6 Å². The fourth-order valence-electron chi connectivity index (χ4n) is 6.57. The first-order valence-electron chi connectivity index (χ1n) is 15.0. The van der Waals surface area contributed by atoms with E-state index in [-0.39, 0.29) is 24.0 Å². The number of hydrogen-bond acceptors (Lipinski definition) is 9. The van der Waals surface area contributed by atoms with E-state index in [9.17, 15) is 9.59 Å². The summed E-state index contributed by atoms with van der Waals surface area (Å²) < 4.78 is 12.4.